The fourth-order valence-corrected chi connectivity index (χ4v) is 1.47. The van der Waals surface area contributed by atoms with Crippen molar-refractivity contribution in [2.75, 3.05) is 5.32 Å². The molecule has 0 saturated heterocycles. The van der Waals surface area contributed by atoms with Crippen molar-refractivity contribution < 1.29 is 14.3 Å². The van der Waals surface area contributed by atoms with Gasteiger partial charge in [0.05, 0.1) is 12.2 Å². The van der Waals surface area contributed by atoms with Crippen LogP contribution in [0.1, 0.15) is 15.9 Å². The Labute approximate surface area is 103 Å². The molecule has 0 aliphatic rings. The third kappa shape index (κ3) is 2.70. The average Bonchev–Trinajstić information content (AvgIpc) is 2.39. The summed E-state index contributed by atoms with van der Waals surface area (Å²) in [5, 5.41) is 11.4. The lowest BCUT2D eigenvalue weighted by Crippen LogP contribution is -2.14. The van der Waals surface area contributed by atoms with Crippen LogP contribution in [-0.2, 0) is 6.61 Å². The Hall–Kier alpha value is -2.27. The van der Waals surface area contributed by atoms with Gasteiger partial charge >= 0.3 is 0 Å². The second-order valence-corrected chi connectivity index (χ2v) is 3.64. The van der Waals surface area contributed by atoms with Crippen LogP contribution in [0.4, 0.5) is 10.2 Å². The van der Waals surface area contributed by atoms with Gasteiger partial charge in [0.15, 0.2) is 0 Å². The van der Waals surface area contributed by atoms with Crippen molar-refractivity contribution in [2.45, 2.75) is 6.61 Å². The Bertz CT molecular complexity index is 572. The summed E-state index contributed by atoms with van der Waals surface area (Å²) in [5.74, 6) is -0.890. The molecule has 0 fully saturated rings. The van der Waals surface area contributed by atoms with Crippen molar-refractivity contribution in [3.63, 3.8) is 0 Å². The van der Waals surface area contributed by atoms with E-state index in [9.17, 15) is 9.18 Å². The van der Waals surface area contributed by atoms with Crippen molar-refractivity contribution in [2.24, 2.45) is 0 Å². The normalized spacial score (nSPS) is 10.1. The number of carbonyl (C=O) groups excluding carboxylic acids is 1. The fraction of sp³-hybridized carbons (Fsp3) is 0.0769. The third-order valence-corrected chi connectivity index (χ3v) is 2.37. The fourth-order valence-electron chi connectivity index (χ4n) is 1.47. The largest absolute Gasteiger partial charge is 0.392 e. The molecule has 0 atom stereocenters. The maximum Gasteiger partial charge on any atom is 0.259 e. The van der Waals surface area contributed by atoms with Gasteiger partial charge in [-0.15, -0.1) is 0 Å². The summed E-state index contributed by atoms with van der Waals surface area (Å²) in [6, 6.07) is 8.84. The molecule has 5 heteroatoms. The van der Waals surface area contributed by atoms with Crippen LogP contribution < -0.4 is 5.32 Å². The Morgan fingerprint density at radius 1 is 1.33 bits per heavy atom. The molecule has 92 valence electrons. The van der Waals surface area contributed by atoms with Crippen LogP contribution in [0.5, 0.6) is 0 Å². The molecule has 0 spiro atoms. The quantitative estimate of drug-likeness (QED) is 0.870. The minimum atomic E-state index is -0.590. The number of rotatable bonds is 3. The maximum absolute atomic E-state index is 13.4. The van der Waals surface area contributed by atoms with Gasteiger partial charge in [0, 0.05) is 6.20 Å². The van der Waals surface area contributed by atoms with Crippen LogP contribution in [-0.4, -0.2) is 16.0 Å². The molecule has 1 heterocycles. The van der Waals surface area contributed by atoms with E-state index in [1.807, 2.05) is 0 Å². The zero-order valence-electron chi connectivity index (χ0n) is 9.43. The zero-order valence-corrected chi connectivity index (χ0v) is 9.43. The van der Waals surface area contributed by atoms with Gasteiger partial charge in [0.25, 0.3) is 5.91 Å². The van der Waals surface area contributed by atoms with Crippen molar-refractivity contribution in [1.82, 2.24) is 4.98 Å². The summed E-state index contributed by atoms with van der Waals surface area (Å²) in [7, 11) is 0. The number of carbonyl (C=O) groups is 1. The molecule has 1 amide bonds. The number of halogens is 1. The number of nitrogens with zero attached hydrogens (tertiary/aromatic N) is 1. The van der Waals surface area contributed by atoms with Gasteiger partial charge in [-0.2, -0.15) is 0 Å². The molecule has 0 radical (unpaired) electrons. The highest BCUT2D eigenvalue weighted by Crippen LogP contribution is 2.11. The minimum Gasteiger partial charge on any atom is -0.392 e. The van der Waals surface area contributed by atoms with E-state index in [0.29, 0.717) is 5.56 Å². The van der Waals surface area contributed by atoms with E-state index in [0.717, 1.165) is 0 Å². The Morgan fingerprint density at radius 3 is 2.83 bits per heavy atom. The van der Waals surface area contributed by atoms with E-state index >= 15 is 0 Å². The zero-order chi connectivity index (χ0) is 13.0. The highest BCUT2D eigenvalue weighted by molar-refractivity contribution is 6.03. The Morgan fingerprint density at radius 2 is 2.11 bits per heavy atom. The van der Waals surface area contributed by atoms with Crippen LogP contribution in [0.15, 0.2) is 42.6 Å². The average molecular weight is 246 g/mol. The predicted octanol–water partition coefficient (Wildman–Crippen LogP) is 1.97. The molecule has 0 aliphatic carbocycles. The predicted molar refractivity (Wildman–Crippen MR) is 64.5 cm³/mol. The summed E-state index contributed by atoms with van der Waals surface area (Å²) in [6.45, 7) is -0.148. The molecule has 1 aromatic heterocycles. The van der Waals surface area contributed by atoms with Crippen LogP contribution in [0.2, 0.25) is 0 Å². The molecule has 2 rings (SSSR count). The number of anilines is 1. The molecule has 0 bridgehead atoms. The molecule has 0 aliphatic heterocycles. The highest BCUT2D eigenvalue weighted by Gasteiger charge is 2.11. The van der Waals surface area contributed by atoms with Crippen LogP contribution in [0.25, 0.3) is 0 Å². The van der Waals surface area contributed by atoms with Crippen molar-refractivity contribution in [1.29, 1.82) is 0 Å². The molecule has 2 N–H and O–H groups in total. The van der Waals surface area contributed by atoms with Crippen LogP contribution in [0, 0.1) is 5.82 Å². The number of benzene rings is 1. The summed E-state index contributed by atoms with van der Waals surface area (Å²) in [4.78, 5) is 15.7. The van der Waals surface area contributed by atoms with E-state index in [4.69, 9.17) is 5.11 Å². The maximum atomic E-state index is 13.4. The lowest BCUT2D eigenvalue weighted by Gasteiger charge is -2.06. The smallest absolute Gasteiger partial charge is 0.259 e. The summed E-state index contributed by atoms with van der Waals surface area (Å²) >= 11 is 0. The van der Waals surface area contributed by atoms with Gasteiger partial charge in [-0.3, -0.25) is 4.79 Å². The van der Waals surface area contributed by atoms with E-state index in [2.05, 4.69) is 10.3 Å². The molecule has 18 heavy (non-hydrogen) atoms. The van der Waals surface area contributed by atoms with Crippen LogP contribution >= 0.6 is 0 Å². The van der Waals surface area contributed by atoms with Crippen molar-refractivity contribution in [3.05, 3.63) is 59.5 Å². The van der Waals surface area contributed by atoms with E-state index < -0.39 is 11.7 Å². The first-order valence-electron chi connectivity index (χ1n) is 5.32. The van der Waals surface area contributed by atoms with E-state index in [1.54, 1.807) is 12.1 Å². The number of nitrogens with one attached hydrogen (secondary N) is 1. The topological polar surface area (TPSA) is 62.2 Å². The standard InChI is InChI=1S/C13H11FN2O2/c14-11-4-2-1-3-10(11)13(18)16-12-7-9(8-17)5-6-15-12/h1-7,17H,8H2,(H,15,16,18). The van der Waals surface area contributed by atoms with Crippen LogP contribution in [0.3, 0.4) is 0 Å². The second-order valence-electron chi connectivity index (χ2n) is 3.64. The first-order valence-corrected chi connectivity index (χ1v) is 5.32. The SMILES string of the molecule is O=C(Nc1cc(CO)ccn1)c1ccccc1F. The summed E-state index contributed by atoms with van der Waals surface area (Å²) < 4.78 is 13.4. The highest BCUT2D eigenvalue weighted by atomic mass is 19.1. The van der Waals surface area contributed by atoms with E-state index in [1.165, 1.54) is 30.5 Å². The van der Waals surface area contributed by atoms with Gasteiger partial charge in [-0.25, -0.2) is 9.37 Å². The number of aromatic nitrogens is 1. The number of hydrogen-bond acceptors (Lipinski definition) is 3. The molecular weight excluding hydrogens is 235 g/mol. The third-order valence-electron chi connectivity index (χ3n) is 2.37. The number of aliphatic hydroxyl groups is 1. The van der Waals surface area contributed by atoms with E-state index in [-0.39, 0.29) is 18.0 Å². The van der Waals surface area contributed by atoms with Crippen molar-refractivity contribution in [3.8, 4) is 0 Å². The molecule has 1 aromatic carbocycles. The number of pyridine rings is 1. The molecular formula is C13H11FN2O2. The van der Waals surface area contributed by atoms with Gasteiger partial charge in [0.2, 0.25) is 0 Å². The first-order chi connectivity index (χ1) is 8.70. The molecule has 0 unspecified atom stereocenters. The number of aliphatic hydroxyl groups excluding tert-OH is 1. The minimum absolute atomic E-state index is 0.0475. The molecule has 0 saturated carbocycles. The van der Waals surface area contributed by atoms with Gasteiger partial charge in [-0.05, 0) is 29.8 Å². The Kier molecular flexibility index (Phi) is 3.64. The van der Waals surface area contributed by atoms with Gasteiger partial charge in [0.1, 0.15) is 11.6 Å². The Balaban J connectivity index is 2.19. The van der Waals surface area contributed by atoms with Crippen molar-refractivity contribution >= 4 is 11.7 Å². The monoisotopic (exact) mass is 246 g/mol. The molecule has 4 nitrogen and oxygen atoms in total. The molecule has 2 aromatic rings. The first kappa shape index (κ1) is 12.2. The number of hydrogen-bond donors (Lipinski definition) is 2. The lowest BCUT2D eigenvalue weighted by molar-refractivity contribution is 0.102. The van der Waals surface area contributed by atoms with Gasteiger partial charge in [-0.1, -0.05) is 12.1 Å². The lowest BCUT2D eigenvalue weighted by atomic mass is 10.2. The second kappa shape index (κ2) is 5.37. The van der Waals surface area contributed by atoms with Gasteiger partial charge < -0.3 is 10.4 Å². The summed E-state index contributed by atoms with van der Waals surface area (Å²) in [5.41, 5.74) is 0.572. The summed E-state index contributed by atoms with van der Waals surface area (Å²) in [6.07, 6.45) is 1.46. The number of amides is 1.